The lowest BCUT2D eigenvalue weighted by molar-refractivity contribution is 0.0818. The molecule has 0 bridgehead atoms. The normalized spacial score (nSPS) is 36.2. The molecule has 2 heteroatoms. The Morgan fingerprint density at radius 3 is 2.12 bits per heavy atom. The zero-order valence-corrected chi connectivity index (χ0v) is 11.3. The summed E-state index contributed by atoms with van der Waals surface area (Å²) in [4.78, 5) is 2.75. The Kier molecular flexibility index (Phi) is 3.91. The minimum Gasteiger partial charge on any atom is -0.314 e. The van der Waals surface area contributed by atoms with Crippen LogP contribution in [0.2, 0.25) is 0 Å². The number of hydrogen-bond donors (Lipinski definition) is 1. The molecule has 0 amide bonds. The van der Waals surface area contributed by atoms with Gasteiger partial charge in [0.15, 0.2) is 0 Å². The fraction of sp³-hybridized carbons (Fsp3) is 1.00. The van der Waals surface area contributed by atoms with Gasteiger partial charge < -0.3 is 10.2 Å². The largest absolute Gasteiger partial charge is 0.314 e. The smallest absolute Gasteiger partial charge is 0.0174 e. The third kappa shape index (κ3) is 2.78. The van der Waals surface area contributed by atoms with Crippen LogP contribution in [0.4, 0.5) is 0 Å². The van der Waals surface area contributed by atoms with Gasteiger partial charge in [0.05, 0.1) is 0 Å². The van der Waals surface area contributed by atoms with E-state index in [1.165, 1.54) is 51.6 Å². The van der Waals surface area contributed by atoms with Crippen molar-refractivity contribution in [1.29, 1.82) is 0 Å². The molecule has 1 N–H and O–H groups in total. The van der Waals surface area contributed by atoms with Gasteiger partial charge >= 0.3 is 0 Å². The topological polar surface area (TPSA) is 15.3 Å². The average Bonchev–Trinajstić information content (AvgIpc) is 2.32. The van der Waals surface area contributed by atoms with E-state index < -0.39 is 0 Å². The van der Waals surface area contributed by atoms with Gasteiger partial charge in [0, 0.05) is 24.7 Å². The summed E-state index contributed by atoms with van der Waals surface area (Å²) in [5.41, 5.74) is 0.401. The van der Waals surface area contributed by atoms with E-state index in [1.54, 1.807) is 0 Å². The van der Waals surface area contributed by atoms with Crippen LogP contribution in [0.25, 0.3) is 0 Å². The molecule has 94 valence electrons. The first kappa shape index (κ1) is 12.4. The first-order chi connectivity index (χ1) is 7.63. The van der Waals surface area contributed by atoms with E-state index in [9.17, 15) is 0 Å². The summed E-state index contributed by atoms with van der Waals surface area (Å²) in [6.45, 7) is 7.38. The molecule has 2 rings (SSSR count). The Balaban J connectivity index is 1.80. The summed E-state index contributed by atoms with van der Waals surface area (Å²) in [7, 11) is 2.11. The van der Waals surface area contributed by atoms with Gasteiger partial charge in [-0.1, -0.05) is 6.92 Å². The Morgan fingerprint density at radius 1 is 1.06 bits per heavy atom. The second kappa shape index (κ2) is 5.05. The van der Waals surface area contributed by atoms with Crippen molar-refractivity contribution >= 4 is 0 Å². The lowest BCUT2D eigenvalue weighted by atomic mass is 9.83. The lowest BCUT2D eigenvalue weighted by Gasteiger charge is -2.44. The molecule has 1 aliphatic heterocycles. The summed E-state index contributed by atoms with van der Waals surface area (Å²) in [6.07, 6.45) is 8.41. The van der Waals surface area contributed by atoms with Gasteiger partial charge in [0.1, 0.15) is 0 Å². The molecule has 0 atom stereocenters. The van der Waals surface area contributed by atoms with Gasteiger partial charge in [0.25, 0.3) is 0 Å². The van der Waals surface area contributed by atoms with E-state index in [0.717, 1.165) is 12.0 Å². The van der Waals surface area contributed by atoms with Gasteiger partial charge in [-0.05, 0) is 58.4 Å². The predicted molar refractivity (Wildman–Crippen MR) is 69.7 cm³/mol. The highest BCUT2D eigenvalue weighted by Gasteiger charge is 2.32. The van der Waals surface area contributed by atoms with Crippen molar-refractivity contribution in [3.63, 3.8) is 0 Å². The zero-order valence-electron chi connectivity index (χ0n) is 11.3. The summed E-state index contributed by atoms with van der Waals surface area (Å²) < 4.78 is 0. The molecule has 1 saturated heterocycles. The van der Waals surface area contributed by atoms with Crippen LogP contribution in [0.15, 0.2) is 0 Å². The van der Waals surface area contributed by atoms with Crippen molar-refractivity contribution in [2.45, 2.75) is 64.0 Å². The molecule has 2 fully saturated rings. The van der Waals surface area contributed by atoms with Crippen LogP contribution in [0.3, 0.4) is 0 Å². The monoisotopic (exact) mass is 224 g/mol. The number of nitrogens with one attached hydrogen (secondary N) is 1. The van der Waals surface area contributed by atoms with E-state index in [4.69, 9.17) is 0 Å². The van der Waals surface area contributed by atoms with Crippen LogP contribution in [-0.4, -0.2) is 36.6 Å². The summed E-state index contributed by atoms with van der Waals surface area (Å²) >= 11 is 0. The SMILES string of the molecule is CNC1(C)CCN(C2CCC(C)CC2)CC1. The van der Waals surface area contributed by atoms with Gasteiger partial charge in [-0.25, -0.2) is 0 Å². The molecule has 16 heavy (non-hydrogen) atoms. The molecule has 1 heterocycles. The van der Waals surface area contributed by atoms with Crippen molar-refractivity contribution in [3.05, 3.63) is 0 Å². The van der Waals surface area contributed by atoms with Crippen molar-refractivity contribution in [2.75, 3.05) is 20.1 Å². The molecule has 2 aliphatic rings. The van der Waals surface area contributed by atoms with Crippen molar-refractivity contribution < 1.29 is 0 Å². The van der Waals surface area contributed by atoms with Gasteiger partial charge in [-0.15, -0.1) is 0 Å². The van der Waals surface area contributed by atoms with Crippen LogP contribution in [-0.2, 0) is 0 Å². The van der Waals surface area contributed by atoms with Crippen molar-refractivity contribution in [3.8, 4) is 0 Å². The number of hydrogen-bond acceptors (Lipinski definition) is 2. The van der Waals surface area contributed by atoms with Gasteiger partial charge in [0.2, 0.25) is 0 Å². The molecule has 0 aromatic rings. The molecule has 0 spiro atoms. The second-order valence-electron chi connectivity index (χ2n) is 6.26. The maximum absolute atomic E-state index is 3.48. The van der Waals surface area contributed by atoms with Crippen LogP contribution in [0.1, 0.15) is 52.4 Å². The summed E-state index contributed by atoms with van der Waals surface area (Å²) in [5, 5.41) is 3.48. The highest BCUT2D eigenvalue weighted by Crippen LogP contribution is 2.30. The highest BCUT2D eigenvalue weighted by atomic mass is 15.2. The third-order valence-corrected chi connectivity index (χ3v) is 5.01. The average molecular weight is 224 g/mol. The Hall–Kier alpha value is -0.0800. The molecule has 0 unspecified atom stereocenters. The van der Waals surface area contributed by atoms with Gasteiger partial charge in [-0.2, -0.15) is 0 Å². The molecule has 0 aromatic carbocycles. The minimum absolute atomic E-state index is 0.401. The molecule has 2 nitrogen and oxygen atoms in total. The minimum atomic E-state index is 0.401. The molecular weight excluding hydrogens is 196 g/mol. The molecule has 0 aromatic heterocycles. The number of likely N-dealkylation sites (tertiary alicyclic amines) is 1. The zero-order chi connectivity index (χ0) is 11.6. The van der Waals surface area contributed by atoms with Crippen LogP contribution >= 0.6 is 0 Å². The fourth-order valence-corrected chi connectivity index (χ4v) is 3.24. The standard InChI is InChI=1S/C14H28N2/c1-12-4-6-13(7-5-12)16-10-8-14(2,15-3)9-11-16/h12-13,15H,4-11H2,1-3H3. The van der Waals surface area contributed by atoms with Crippen LogP contribution in [0, 0.1) is 5.92 Å². The first-order valence-electron chi connectivity index (χ1n) is 7.06. The van der Waals surface area contributed by atoms with Gasteiger partial charge in [-0.3, -0.25) is 0 Å². The highest BCUT2D eigenvalue weighted by molar-refractivity contribution is 4.91. The van der Waals surface area contributed by atoms with E-state index in [2.05, 4.69) is 31.1 Å². The second-order valence-corrected chi connectivity index (χ2v) is 6.26. The lowest BCUT2D eigenvalue weighted by Crippen LogP contribution is -2.52. The molecule has 1 aliphatic carbocycles. The Morgan fingerprint density at radius 2 is 1.62 bits per heavy atom. The maximum atomic E-state index is 3.48. The van der Waals surface area contributed by atoms with E-state index in [1.807, 2.05) is 0 Å². The van der Waals surface area contributed by atoms with Crippen LogP contribution in [0.5, 0.6) is 0 Å². The van der Waals surface area contributed by atoms with E-state index in [0.29, 0.717) is 5.54 Å². The van der Waals surface area contributed by atoms with Crippen molar-refractivity contribution in [1.82, 2.24) is 10.2 Å². The molecule has 1 saturated carbocycles. The summed E-state index contributed by atoms with van der Waals surface area (Å²) in [6, 6.07) is 0.901. The Bertz CT molecular complexity index is 211. The quantitative estimate of drug-likeness (QED) is 0.776. The Labute approximate surface area is 101 Å². The maximum Gasteiger partial charge on any atom is 0.0174 e. The van der Waals surface area contributed by atoms with E-state index in [-0.39, 0.29) is 0 Å². The van der Waals surface area contributed by atoms with E-state index >= 15 is 0 Å². The van der Waals surface area contributed by atoms with Crippen LogP contribution < -0.4 is 5.32 Å². The number of nitrogens with zero attached hydrogens (tertiary/aromatic N) is 1. The molecule has 0 radical (unpaired) electrons. The predicted octanol–water partition coefficient (Wildman–Crippen LogP) is 2.64. The number of piperidine rings is 1. The first-order valence-corrected chi connectivity index (χ1v) is 7.06. The number of rotatable bonds is 2. The summed E-state index contributed by atoms with van der Waals surface area (Å²) in [5.74, 6) is 0.976. The fourth-order valence-electron chi connectivity index (χ4n) is 3.24. The van der Waals surface area contributed by atoms with Crippen molar-refractivity contribution in [2.24, 2.45) is 5.92 Å². The molecular formula is C14H28N2. The third-order valence-electron chi connectivity index (χ3n) is 5.01.